The minimum Gasteiger partial charge on any atom is -0.493 e. The van der Waals surface area contributed by atoms with Gasteiger partial charge in [0.1, 0.15) is 5.70 Å². The van der Waals surface area contributed by atoms with Crippen molar-refractivity contribution in [3.8, 4) is 11.5 Å². The first kappa shape index (κ1) is 30.0. The van der Waals surface area contributed by atoms with E-state index in [2.05, 4.69) is 16.0 Å². The fourth-order valence-electron chi connectivity index (χ4n) is 3.96. The number of hydrogen-bond donors (Lipinski definition) is 3. The van der Waals surface area contributed by atoms with Gasteiger partial charge in [0.05, 0.1) is 20.0 Å². The van der Waals surface area contributed by atoms with Gasteiger partial charge >= 0.3 is 0 Å². The van der Waals surface area contributed by atoms with Crippen molar-refractivity contribution in [2.24, 2.45) is 0 Å². The summed E-state index contributed by atoms with van der Waals surface area (Å²) < 4.78 is 10.7. The molecule has 0 fully saturated rings. The molecule has 4 rings (SSSR count). The van der Waals surface area contributed by atoms with Crippen LogP contribution in [0, 0.1) is 6.92 Å². The summed E-state index contributed by atoms with van der Waals surface area (Å²) in [4.78, 5) is 39.7. The molecule has 4 aromatic carbocycles. The van der Waals surface area contributed by atoms with E-state index in [9.17, 15) is 14.4 Å². The van der Waals surface area contributed by atoms with Crippen molar-refractivity contribution in [1.29, 1.82) is 0 Å². The molecule has 0 saturated heterocycles. The summed E-state index contributed by atoms with van der Waals surface area (Å²) in [5.41, 5.74) is 3.33. The van der Waals surface area contributed by atoms with Gasteiger partial charge in [-0.25, -0.2) is 0 Å². The van der Waals surface area contributed by atoms with Gasteiger partial charge in [-0.2, -0.15) is 0 Å². The molecule has 0 saturated carbocycles. The van der Waals surface area contributed by atoms with Crippen molar-refractivity contribution in [3.05, 3.63) is 119 Å². The van der Waals surface area contributed by atoms with Crippen LogP contribution in [0.2, 0.25) is 0 Å². The van der Waals surface area contributed by atoms with Crippen molar-refractivity contribution in [2.45, 2.75) is 11.8 Å². The van der Waals surface area contributed by atoms with E-state index in [1.807, 2.05) is 37.3 Å². The zero-order valence-corrected chi connectivity index (χ0v) is 24.3. The summed E-state index contributed by atoms with van der Waals surface area (Å²) in [6.45, 7) is 1.94. The summed E-state index contributed by atoms with van der Waals surface area (Å²) in [7, 11) is 3.06. The van der Waals surface area contributed by atoms with Gasteiger partial charge in [-0.3, -0.25) is 14.4 Å². The van der Waals surface area contributed by atoms with Gasteiger partial charge in [-0.1, -0.05) is 48.5 Å². The number of carbonyl (C=O) groups excluding carboxylic acids is 3. The quantitative estimate of drug-likeness (QED) is 0.145. The number of para-hydroxylation sites is 1. The highest BCUT2D eigenvalue weighted by molar-refractivity contribution is 8.00. The molecule has 0 unspecified atom stereocenters. The Hall–Kier alpha value is -5.02. The van der Waals surface area contributed by atoms with Crippen LogP contribution in [0.25, 0.3) is 6.08 Å². The van der Waals surface area contributed by atoms with E-state index in [0.717, 1.165) is 16.1 Å². The van der Waals surface area contributed by atoms with E-state index in [1.165, 1.54) is 26.0 Å². The lowest BCUT2D eigenvalue weighted by Crippen LogP contribution is -2.30. The normalized spacial score (nSPS) is 10.9. The molecular weight excluding hydrogens is 550 g/mol. The Morgan fingerprint density at radius 1 is 0.786 bits per heavy atom. The van der Waals surface area contributed by atoms with Gasteiger partial charge in [0.2, 0.25) is 5.91 Å². The topological polar surface area (TPSA) is 106 Å². The SMILES string of the molecule is COc1ccc(/C=C(/NC(=O)c2ccccc2)C(=O)Nc2cccc(SCC(=O)Nc3ccccc3C)c2)cc1OC. The predicted octanol–water partition coefficient (Wildman–Crippen LogP) is 6.15. The van der Waals surface area contributed by atoms with Gasteiger partial charge in [-0.05, 0) is 72.7 Å². The van der Waals surface area contributed by atoms with Gasteiger partial charge in [0.25, 0.3) is 11.8 Å². The third-order valence-corrected chi connectivity index (χ3v) is 7.12. The predicted molar refractivity (Wildman–Crippen MR) is 167 cm³/mol. The second kappa shape index (κ2) is 14.6. The Balaban J connectivity index is 1.50. The first-order valence-corrected chi connectivity index (χ1v) is 14.0. The molecule has 0 bridgehead atoms. The molecule has 0 spiro atoms. The van der Waals surface area contributed by atoms with Crippen molar-refractivity contribution < 1.29 is 23.9 Å². The van der Waals surface area contributed by atoms with Gasteiger partial charge < -0.3 is 25.4 Å². The fraction of sp³-hybridized carbons (Fsp3) is 0.121. The third kappa shape index (κ3) is 8.25. The molecule has 8 nitrogen and oxygen atoms in total. The Morgan fingerprint density at radius 3 is 2.26 bits per heavy atom. The molecule has 42 heavy (non-hydrogen) atoms. The van der Waals surface area contributed by atoms with E-state index >= 15 is 0 Å². The van der Waals surface area contributed by atoms with Crippen LogP contribution in [0.4, 0.5) is 11.4 Å². The number of thioether (sulfide) groups is 1. The Bertz CT molecular complexity index is 1600. The number of amides is 3. The second-order valence-corrected chi connectivity index (χ2v) is 10.2. The highest BCUT2D eigenvalue weighted by Gasteiger charge is 2.16. The average molecular weight is 582 g/mol. The number of hydrogen-bond acceptors (Lipinski definition) is 6. The van der Waals surface area contributed by atoms with Crippen LogP contribution in [-0.4, -0.2) is 37.7 Å². The van der Waals surface area contributed by atoms with E-state index in [-0.39, 0.29) is 17.4 Å². The maximum atomic E-state index is 13.5. The van der Waals surface area contributed by atoms with E-state index < -0.39 is 11.8 Å². The highest BCUT2D eigenvalue weighted by Crippen LogP contribution is 2.29. The number of nitrogens with one attached hydrogen (secondary N) is 3. The molecule has 0 aliphatic heterocycles. The number of benzene rings is 4. The number of methoxy groups -OCH3 is 2. The average Bonchev–Trinajstić information content (AvgIpc) is 3.01. The van der Waals surface area contributed by atoms with Gasteiger partial charge in [0, 0.05) is 21.8 Å². The zero-order chi connectivity index (χ0) is 29.9. The molecule has 0 aliphatic carbocycles. The lowest BCUT2D eigenvalue weighted by atomic mass is 10.1. The molecule has 0 heterocycles. The summed E-state index contributed by atoms with van der Waals surface area (Å²) in [6.07, 6.45) is 1.56. The van der Waals surface area contributed by atoms with Crippen LogP contribution in [0.5, 0.6) is 11.5 Å². The molecular formula is C33H31N3O5S. The van der Waals surface area contributed by atoms with Crippen LogP contribution in [-0.2, 0) is 9.59 Å². The monoisotopic (exact) mass is 581 g/mol. The van der Waals surface area contributed by atoms with Crippen molar-refractivity contribution in [2.75, 3.05) is 30.6 Å². The first-order valence-electron chi connectivity index (χ1n) is 13.1. The lowest BCUT2D eigenvalue weighted by molar-refractivity contribution is -0.114. The van der Waals surface area contributed by atoms with Crippen LogP contribution < -0.4 is 25.4 Å². The van der Waals surface area contributed by atoms with E-state index in [1.54, 1.807) is 72.8 Å². The molecule has 0 radical (unpaired) electrons. The van der Waals surface area contributed by atoms with Crippen molar-refractivity contribution in [1.82, 2.24) is 5.32 Å². The van der Waals surface area contributed by atoms with Crippen LogP contribution in [0.3, 0.4) is 0 Å². The lowest BCUT2D eigenvalue weighted by Gasteiger charge is -2.13. The number of ether oxygens (including phenoxy) is 2. The number of carbonyl (C=O) groups is 3. The smallest absolute Gasteiger partial charge is 0.272 e. The number of anilines is 2. The molecule has 4 aromatic rings. The summed E-state index contributed by atoms with van der Waals surface area (Å²) in [5, 5.41) is 8.50. The van der Waals surface area contributed by atoms with Crippen molar-refractivity contribution in [3.63, 3.8) is 0 Å². The molecule has 0 aliphatic rings. The molecule has 0 atom stereocenters. The molecule has 3 N–H and O–H groups in total. The van der Waals surface area contributed by atoms with Crippen LogP contribution >= 0.6 is 11.8 Å². The molecule has 214 valence electrons. The largest absolute Gasteiger partial charge is 0.493 e. The maximum absolute atomic E-state index is 13.5. The van der Waals surface area contributed by atoms with E-state index in [0.29, 0.717) is 28.3 Å². The first-order chi connectivity index (χ1) is 20.4. The minimum atomic E-state index is -0.520. The third-order valence-electron chi connectivity index (χ3n) is 6.13. The number of rotatable bonds is 11. The number of aryl methyl sites for hydroxylation is 1. The van der Waals surface area contributed by atoms with Crippen LogP contribution in [0.15, 0.2) is 108 Å². The zero-order valence-electron chi connectivity index (χ0n) is 23.5. The molecule has 3 amide bonds. The fourth-order valence-corrected chi connectivity index (χ4v) is 4.72. The Morgan fingerprint density at radius 2 is 1.52 bits per heavy atom. The van der Waals surface area contributed by atoms with E-state index in [4.69, 9.17) is 9.47 Å². The Kier molecular flexibility index (Phi) is 10.4. The molecule has 9 heteroatoms. The van der Waals surface area contributed by atoms with Crippen LogP contribution in [0.1, 0.15) is 21.5 Å². The molecule has 0 aromatic heterocycles. The highest BCUT2D eigenvalue weighted by atomic mass is 32.2. The second-order valence-electron chi connectivity index (χ2n) is 9.13. The Labute approximate surface area is 249 Å². The summed E-state index contributed by atoms with van der Waals surface area (Å²) in [5.74, 6) is 0.137. The van der Waals surface area contributed by atoms with Gasteiger partial charge in [0.15, 0.2) is 11.5 Å². The summed E-state index contributed by atoms with van der Waals surface area (Å²) in [6, 6.07) is 28.6. The van der Waals surface area contributed by atoms with Crippen molar-refractivity contribution >= 4 is 46.9 Å². The maximum Gasteiger partial charge on any atom is 0.272 e. The standard InChI is InChI=1S/C33H31N3O5S/c1-22-10-7-8-15-27(22)35-31(37)21-42-26-14-9-13-25(20-26)34-33(39)28(36-32(38)24-11-5-4-6-12-24)18-23-16-17-29(40-2)30(19-23)41-3/h4-20H,21H2,1-3H3,(H,34,39)(H,35,37)(H,36,38)/b28-18+. The summed E-state index contributed by atoms with van der Waals surface area (Å²) >= 11 is 1.35. The van der Waals surface area contributed by atoms with Gasteiger partial charge in [-0.15, -0.1) is 11.8 Å². The minimum absolute atomic E-state index is 0.0340.